The molecule has 0 aromatic heterocycles. The fourth-order valence-corrected chi connectivity index (χ4v) is 3.62. The summed E-state index contributed by atoms with van der Waals surface area (Å²) < 4.78 is 0. The summed E-state index contributed by atoms with van der Waals surface area (Å²) in [7, 11) is 0. The van der Waals surface area contributed by atoms with Crippen LogP contribution in [0, 0.1) is 0 Å². The van der Waals surface area contributed by atoms with Crippen molar-refractivity contribution >= 4 is 6.03 Å². The van der Waals surface area contributed by atoms with E-state index in [4.69, 9.17) is 0 Å². The largest absolute Gasteiger partial charge is 0.388 e. The molecule has 3 N–H and O–H groups in total. The highest BCUT2D eigenvalue weighted by Gasteiger charge is 2.34. The quantitative estimate of drug-likeness (QED) is 0.715. The molecule has 1 aliphatic carbocycles. The lowest BCUT2D eigenvalue weighted by Crippen LogP contribution is -2.51. The van der Waals surface area contributed by atoms with E-state index >= 15 is 0 Å². The van der Waals surface area contributed by atoms with Gasteiger partial charge in [0.2, 0.25) is 0 Å². The number of carbonyl (C=O) groups is 1. The van der Waals surface area contributed by atoms with E-state index in [1.165, 1.54) is 12.0 Å². The molecule has 0 unspecified atom stereocenters. The summed E-state index contributed by atoms with van der Waals surface area (Å²) in [5, 5.41) is 15.8. The van der Waals surface area contributed by atoms with Crippen LogP contribution in [0.15, 0.2) is 30.3 Å². The Morgan fingerprint density at radius 1 is 1.21 bits per heavy atom. The Hall–Kier alpha value is -1.59. The van der Waals surface area contributed by atoms with E-state index in [-0.39, 0.29) is 6.03 Å². The lowest BCUT2D eigenvalue weighted by atomic mass is 9.80. The Labute approximate surface area is 144 Å². The number of amides is 2. The number of hydrogen-bond donors (Lipinski definition) is 3. The van der Waals surface area contributed by atoms with Gasteiger partial charge in [-0.15, -0.1) is 0 Å². The van der Waals surface area contributed by atoms with Crippen LogP contribution in [0.25, 0.3) is 0 Å². The van der Waals surface area contributed by atoms with Gasteiger partial charge >= 0.3 is 6.03 Å². The van der Waals surface area contributed by atoms with Crippen molar-refractivity contribution < 1.29 is 9.90 Å². The maximum atomic E-state index is 11.9. The molecular weight excluding hydrogens is 302 g/mol. The molecule has 0 radical (unpaired) electrons. The average molecular weight is 331 g/mol. The van der Waals surface area contributed by atoms with Crippen LogP contribution >= 0.6 is 0 Å². The van der Waals surface area contributed by atoms with Crippen LogP contribution in [0.1, 0.15) is 37.7 Å². The molecule has 24 heavy (non-hydrogen) atoms. The van der Waals surface area contributed by atoms with Gasteiger partial charge in [-0.1, -0.05) is 30.3 Å². The van der Waals surface area contributed by atoms with Gasteiger partial charge < -0.3 is 15.7 Å². The predicted octanol–water partition coefficient (Wildman–Crippen LogP) is 1.91. The fourth-order valence-electron chi connectivity index (χ4n) is 3.62. The van der Waals surface area contributed by atoms with Crippen LogP contribution < -0.4 is 10.6 Å². The number of aliphatic hydroxyl groups is 1. The third kappa shape index (κ3) is 4.71. The number of carbonyl (C=O) groups excluding carboxylic acids is 1. The van der Waals surface area contributed by atoms with Gasteiger partial charge in [0, 0.05) is 25.7 Å². The van der Waals surface area contributed by atoms with Crippen molar-refractivity contribution in [2.24, 2.45) is 0 Å². The van der Waals surface area contributed by atoms with Crippen LogP contribution in [0.5, 0.6) is 0 Å². The highest BCUT2D eigenvalue weighted by Crippen LogP contribution is 2.30. The zero-order valence-corrected chi connectivity index (χ0v) is 14.3. The van der Waals surface area contributed by atoms with Crippen molar-refractivity contribution in [1.82, 2.24) is 15.5 Å². The van der Waals surface area contributed by atoms with Gasteiger partial charge in [0.15, 0.2) is 0 Å². The first-order valence-electron chi connectivity index (χ1n) is 9.17. The van der Waals surface area contributed by atoms with Crippen LogP contribution in [-0.2, 0) is 6.42 Å². The normalized spacial score (nSPS) is 22.8. The molecular formula is C19H29N3O2. The number of benzene rings is 1. The first-order valence-corrected chi connectivity index (χ1v) is 9.17. The molecule has 2 fully saturated rings. The van der Waals surface area contributed by atoms with E-state index in [9.17, 15) is 9.90 Å². The van der Waals surface area contributed by atoms with Crippen molar-refractivity contribution in [3.8, 4) is 0 Å². The number of urea groups is 1. The van der Waals surface area contributed by atoms with E-state index in [0.717, 1.165) is 45.2 Å². The third-order valence-corrected chi connectivity index (χ3v) is 5.39. The van der Waals surface area contributed by atoms with Crippen molar-refractivity contribution in [1.29, 1.82) is 0 Å². The Morgan fingerprint density at radius 3 is 2.71 bits per heavy atom. The molecule has 1 atom stereocenters. The van der Waals surface area contributed by atoms with Crippen molar-refractivity contribution in [3.05, 3.63) is 35.9 Å². The van der Waals surface area contributed by atoms with Crippen LogP contribution in [0.4, 0.5) is 4.79 Å². The summed E-state index contributed by atoms with van der Waals surface area (Å²) in [5.41, 5.74) is 0.703. The molecule has 2 amide bonds. The molecule has 1 saturated heterocycles. The topological polar surface area (TPSA) is 64.6 Å². The Morgan fingerprint density at radius 2 is 2.00 bits per heavy atom. The second-order valence-electron chi connectivity index (χ2n) is 7.21. The molecule has 3 rings (SSSR count). The summed E-state index contributed by atoms with van der Waals surface area (Å²) in [5.74, 6) is 0. The van der Waals surface area contributed by atoms with Crippen LogP contribution in [0.3, 0.4) is 0 Å². The SMILES string of the molecule is O=C(NC[C@@H]1CCCN1CCc1ccccc1)NCC1(O)CCC1. The van der Waals surface area contributed by atoms with Crippen molar-refractivity contribution in [2.75, 3.05) is 26.2 Å². The standard InChI is InChI=1S/C19H29N3O2/c23-18(21-15-19(24)10-5-11-19)20-14-17-8-4-12-22(17)13-9-16-6-2-1-3-7-16/h1-3,6-7,17,24H,4-5,8-15H2,(H2,20,21,23)/t17-/m0/s1. The Balaban J connectivity index is 1.36. The van der Waals surface area contributed by atoms with E-state index < -0.39 is 5.60 Å². The smallest absolute Gasteiger partial charge is 0.314 e. The first kappa shape index (κ1) is 17.2. The summed E-state index contributed by atoms with van der Waals surface area (Å²) in [4.78, 5) is 14.4. The summed E-state index contributed by atoms with van der Waals surface area (Å²) >= 11 is 0. The van der Waals surface area contributed by atoms with E-state index in [2.05, 4.69) is 39.8 Å². The molecule has 0 bridgehead atoms. The maximum Gasteiger partial charge on any atom is 0.314 e. The summed E-state index contributed by atoms with van der Waals surface area (Å²) in [6.07, 6.45) is 6.03. The molecule has 1 aromatic rings. The van der Waals surface area contributed by atoms with Crippen LogP contribution in [-0.4, -0.2) is 53.9 Å². The third-order valence-electron chi connectivity index (χ3n) is 5.39. The molecule has 5 heteroatoms. The number of nitrogens with zero attached hydrogens (tertiary/aromatic N) is 1. The number of hydrogen-bond acceptors (Lipinski definition) is 3. The molecule has 132 valence electrons. The van der Waals surface area contributed by atoms with Gasteiger partial charge in [-0.3, -0.25) is 4.90 Å². The van der Waals surface area contributed by atoms with Gasteiger partial charge in [0.1, 0.15) is 0 Å². The van der Waals surface area contributed by atoms with Gasteiger partial charge in [-0.05, 0) is 50.6 Å². The van der Waals surface area contributed by atoms with Gasteiger partial charge in [0.05, 0.1) is 5.60 Å². The number of likely N-dealkylation sites (tertiary alicyclic amines) is 1. The average Bonchev–Trinajstić information content (AvgIpc) is 3.03. The highest BCUT2D eigenvalue weighted by atomic mass is 16.3. The predicted molar refractivity (Wildman–Crippen MR) is 94.9 cm³/mol. The van der Waals surface area contributed by atoms with Gasteiger partial charge in [-0.2, -0.15) is 0 Å². The highest BCUT2D eigenvalue weighted by molar-refractivity contribution is 5.73. The number of nitrogens with one attached hydrogen (secondary N) is 2. The maximum absolute atomic E-state index is 11.9. The first-order chi connectivity index (χ1) is 11.6. The van der Waals surface area contributed by atoms with Crippen molar-refractivity contribution in [2.45, 2.75) is 50.2 Å². The Bertz CT molecular complexity index is 531. The summed E-state index contributed by atoms with van der Waals surface area (Å²) in [6, 6.07) is 10.8. The molecule has 0 spiro atoms. The second-order valence-corrected chi connectivity index (χ2v) is 7.21. The fraction of sp³-hybridized carbons (Fsp3) is 0.632. The zero-order valence-electron chi connectivity index (χ0n) is 14.3. The minimum absolute atomic E-state index is 0.162. The van der Waals surface area contributed by atoms with Gasteiger partial charge in [0.25, 0.3) is 0 Å². The van der Waals surface area contributed by atoms with Crippen molar-refractivity contribution in [3.63, 3.8) is 0 Å². The lowest BCUT2D eigenvalue weighted by Gasteiger charge is -2.36. The summed E-state index contributed by atoms with van der Waals surface area (Å²) in [6.45, 7) is 3.19. The molecule has 1 aromatic carbocycles. The monoisotopic (exact) mass is 331 g/mol. The molecule has 1 saturated carbocycles. The molecule has 5 nitrogen and oxygen atoms in total. The van der Waals surface area contributed by atoms with E-state index in [0.29, 0.717) is 19.1 Å². The number of rotatable bonds is 7. The van der Waals surface area contributed by atoms with Crippen LogP contribution in [0.2, 0.25) is 0 Å². The lowest BCUT2D eigenvalue weighted by molar-refractivity contribution is -0.0290. The van der Waals surface area contributed by atoms with E-state index in [1.807, 2.05) is 6.07 Å². The van der Waals surface area contributed by atoms with E-state index in [1.54, 1.807) is 0 Å². The molecule has 1 aliphatic heterocycles. The molecule has 1 heterocycles. The zero-order chi connectivity index (χ0) is 16.8. The second kappa shape index (κ2) is 7.99. The Kier molecular flexibility index (Phi) is 5.74. The molecule has 2 aliphatic rings. The van der Waals surface area contributed by atoms with Gasteiger partial charge in [-0.25, -0.2) is 4.79 Å². The minimum atomic E-state index is -0.660. The minimum Gasteiger partial charge on any atom is -0.388 e.